The van der Waals surface area contributed by atoms with Gasteiger partial charge in [-0.05, 0) is 43.0 Å². The van der Waals surface area contributed by atoms with Gasteiger partial charge in [0.1, 0.15) is 6.61 Å². The first kappa shape index (κ1) is 21.3. The Morgan fingerprint density at radius 1 is 1.13 bits per heavy atom. The number of methoxy groups -OCH3 is 1. The fraction of sp³-hybridized carbons (Fsp3) is 0.360. The van der Waals surface area contributed by atoms with Crippen molar-refractivity contribution in [3.05, 3.63) is 72.1 Å². The summed E-state index contributed by atoms with van der Waals surface area (Å²) < 4.78 is 16.9. The molecular weight excluding hydrogens is 390 g/mol. The lowest BCUT2D eigenvalue weighted by Gasteiger charge is -2.15. The number of aromatic nitrogens is 2. The lowest BCUT2D eigenvalue weighted by Crippen LogP contribution is -2.18. The van der Waals surface area contributed by atoms with Crippen molar-refractivity contribution in [1.29, 1.82) is 0 Å². The van der Waals surface area contributed by atoms with Gasteiger partial charge in [0, 0.05) is 48.8 Å². The van der Waals surface area contributed by atoms with Gasteiger partial charge in [-0.3, -0.25) is 0 Å². The molecule has 0 bridgehead atoms. The SMILES string of the molecule is COc1ncc(CNC(C)c2ccccc2)cc1-c1ccc(OCC2CCCO2)nc1. The Bertz CT molecular complexity index is 958. The molecule has 2 unspecified atom stereocenters. The highest BCUT2D eigenvalue weighted by Gasteiger charge is 2.16. The molecule has 162 valence electrons. The molecule has 3 heterocycles. The quantitative estimate of drug-likeness (QED) is 0.548. The molecule has 3 aromatic rings. The van der Waals surface area contributed by atoms with Gasteiger partial charge in [0.25, 0.3) is 0 Å². The predicted octanol–water partition coefficient (Wildman–Crippen LogP) is 4.56. The Labute approximate surface area is 183 Å². The van der Waals surface area contributed by atoms with E-state index in [2.05, 4.69) is 52.5 Å². The van der Waals surface area contributed by atoms with E-state index in [1.807, 2.05) is 24.4 Å². The first-order chi connectivity index (χ1) is 15.2. The van der Waals surface area contributed by atoms with Gasteiger partial charge in [0.2, 0.25) is 11.8 Å². The van der Waals surface area contributed by atoms with Crippen molar-refractivity contribution in [3.8, 4) is 22.9 Å². The van der Waals surface area contributed by atoms with E-state index in [1.165, 1.54) is 5.56 Å². The minimum absolute atomic E-state index is 0.174. The van der Waals surface area contributed by atoms with Crippen LogP contribution in [-0.4, -0.2) is 36.4 Å². The van der Waals surface area contributed by atoms with Gasteiger partial charge in [-0.1, -0.05) is 30.3 Å². The molecule has 0 amide bonds. The van der Waals surface area contributed by atoms with Gasteiger partial charge in [-0.15, -0.1) is 0 Å². The Morgan fingerprint density at radius 2 is 2.00 bits per heavy atom. The molecule has 1 saturated heterocycles. The van der Waals surface area contributed by atoms with Gasteiger partial charge < -0.3 is 19.5 Å². The molecule has 0 spiro atoms. The molecule has 4 rings (SSSR count). The number of rotatable bonds is 9. The lowest BCUT2D eigenvalue weighted by molar-refractivity contribution is 0.0663. The minimum Gasteiger partial charge on any atom is -0.481 e. The van der Waals surface area contributed by atoms with E-state index >= 15 is 0 Å². The molecular formula is C25H29N3O3. The molecule has 2 atom stereocenters. The van der Waals surface area contributed by atoms with Gasteiger partial charge in [0.15, 0.2) is 0 Å². The van der Waals surface area contributed by atoms with Crippen LogP contribution in [0.5, 0.6) is 11.8 Å². The third-order valence-electron chi connectivity index (χ3n) is 5.50. The maximum absolute atomic E-state index is 5.78. The molecule has 1 aromatic carbocycles. The topological polar surface area (TPSA) is 65.5 Å². The van der Waals surface area contributed by atoms with Crippen LogP contribution in [0.3, 0.4) is 0 Å². The summed E-state index contributed by atoms with van der Waals surface area (Å²) in [7, 11) is 1.63. The van der Waals surface area contributed by atoms with Gasteiger partial charge >= 0.3 is 0 Å². The van der Waals surface area contributed by atoms with Crippen molar-refractivity contribution in [2.24, 2.45) is 0 Å². The normalized spacial score (nSPS) is 16.8. The van der Waals surface area contributed by atoms with Crippen LogP contribution in [0.1, 0.15) is 36.9 Å². The van der Waals surface area contributed by atoms with Crippen molar-refractivity contribution >= 4 is 0 Å². The summed E-state index contributed by atoms with van der Waals surface area (Å²) >= 11 is 0. The van der Waals surface area contributed by atoms with E-state index in [-0.39, 0.29) is 12.1 Å². The first-order valence-electron chi connectivity index (χ1n) is 10.7. The molecule has 0 aliphatic carbocycles. The first-order valence-corrected chi connectivity index (χ1v) is 10.7. The summed E-state index contributed by atoms with van der Waals surface area (Å²) in [5, 5.41) is 3.56. The fourth-order valence-electron chi connectivity index (χ4n) is 3.67. The van der Waals surface area contributed by atoms with Gasteiger partial charge in [-0.25, -0.2) is 9.97 Å². The van der Waals surface area contributed by atoms with E-state index in [4.69, 9.17) is 14.2 Å². The molecule has 0 radical (unpaired) electrons. The molecule has 6 nitrogen and oxygen atoms in total. The summed E-state index contributed by atoms with van der Waals surface area (Å²) in [6.45, 7) is 4.23. The third kappa shape index (κ3) is 5.60. The number of nitrogens with zero attached hydrogens (tertiary/aromatic N) is 2. The third-order valence-corrected chi connectivity index (χ3v) is 5.50. The number of nitrogens with one attached hydrogen (secondary N) is 1. The smallest absolute Gasteiger partial charge is 0.221 e. The van der Waals surface area contributed by atoms with Crippen LogP contribution in [0.15, 0.2) is 60.9 Å². The van der Waals surface area contributed by atoms with Gasteiger partial charge in [-0.2, -0.15) is 0 Å². The zero-order chi connectivity index (χ0) is 21.5. The summed E-state index contributed by atoms with van der Waals surface area (Å²) in [5.41, 5.74) is 4.18. The molecule has 2 aromatic heterocycles. The Balaban J connectivity index is 1.43. The van der Waals surface area contributed by atoms with Crippen LogP contribution < -0.4 is 14.8 Å². The highest BCUT2D eigenvalue weighted by atomic mass is 16.5. The highest BCUT2D eigenvalue weighted by Crippen LogP contribution is 2.29. The summed E-state index contributed by atoms with van der Waals surface area (Å²) in [4.78, 5) is 8.96. The van der Waals surface area contributed by atoms with Crippen molar-refractivity contribution in [1.82, 2.24) is 15.3 Å². The number of pyridine rings is 2. The van der Waals surface area contributed by atoms with Crippen molar-refractivity contribution in [2.75, 3.05) is 20.3 Å². The molecule has 1 fully saturated rings. The van der Waals surface area contributed by atoms with Crippen molar-refractivity contribution < 1.29 is 14.2 Å². The monoisotopic (exact) mass is 419 g/mol. The van der Waals surface area contributed by atoms with Crippen LogP contribution in [0, 0.1) is 0 Å². The van der Waals surface area contributed by atoms with Crippen LogP contribution in [0.2, 0.25) is 0 Å². The Kier molecular flexibility index (Phi) is 7.12. The minimum atomic E-state index is 0.174. The molecule has 1 aliphatic rings. The predicted molar refractivity (Wildman–Crippen MR) is 120 cm³/mol. The molecule has 1 N–H and O–H groups in total. The zero-order valence-corrected chi connectivity index (χ0v) is 18.1. The number of hydrogen-bond acceptors (Lipinski definition) is 6. The van der Waals surface area contributed by atoms with Crippen molar-refractivity contribution in [3.63, 3.8) is 0 Å². The molecule has 0 saturated carbocycles. The second-order valence-corrected chi connectivity index (χ2v) is 7.74. The van der Waals surface area contributed by atoms with E-state index in [0.29, 0.717) is 24.9 Å². The number of hydrogen-bond donors (Lipinski definition) is 1. The summed E-state index contributed by atoms with van der Waals surface area (Å²) in [5.74, 6) is 1.18. The zero-order valence-electron chi connectivity index (χ0n) is 18.1. The van der Waals surface area contributed by atoms with Gasteiger partial charge in [0.05, 0.1) is 13.2 Å². The van der Waals surface area contributed by atoms with E-state index in [0.717, 1.165) is 36.1 Å². The maximum atomic E-state index is 5.78. The summed E-state index contributed by atoms with van der Waals surface area (Å²) in [6.07, 6.45) is 5.97. The maximum Gasteiger partial charge on any atom is 0.221 e. The largest absolute Gasteiger partial charge is 0.481 e. The Hall–Kier alpha value is -2.96. The lowest BCUT2D eigenvalue weighted by atomic mass is 10.1. The van der Waals surface area contributed by atoms with Crippen LogP contribution in [-0.2, 0) is 11.3 Å². The molecule has 31 heavy (non-hydrogen) atoms. The highest BCUT2D eigenvalue weighted by molar-refractivity contribution is 5.68. The van der Waals surface area contributed by atoms with Crippen molar-refractivity contribution in [2.45, 2.75) is 38.5 Å². The Morgan fingerprint density at radius 3 is 2.71 bits per heavy atom. The van der Waals surface area contributed by atoms with E-state index < -0.39 is 0 Å². The average Bonchev–Trinajstić information content (AvgIpc) is 3.36. The number of ether oxygens (including phenoxy) is 3. The second-order valence-electron chi connectivity index (χ2n) is 7.74. The second kappa shape index (κ2) is 10.4. The fourth-order valence-corrected chi connectivity index (χ4v) is 3.67. The van der Waals surface area contributed by atoms with E-state index in [1.54, 1.807) is 13.3 Å². The van der Waals surface area contributed by atoms with Crippen LogP contribution >= 0.6 is 0 Å². The van der Waals surface area contributed by atoms with Crippen LogP contribution in [0.4, 0.5) is 0 Å². The standard InChI is InChI=1S/C25H29N3O3/c1-18(20-7-4-3-5-8-20)26-14-19-13-23(25(29-2)28-15-19)21-10-11-24(27-16-21)31-17-22-9-6-12-30-22/h3-5,7-8,10-11,13,15-16,18,22,26H,6,9,12,14,17H2,1-2H3. The summed E-state index contributed by atoms with van der Waals surface area (Å²) in [6, 6.07) is 16.6. The average molecular weight is 420 g/mol. The molecule has 1 aliphatic heterocycles. The number of benzene rings is 1. The van der Waals surface area contributed by atoms with Crippen LogP contribution in [0.25, 0.3) is 11.1 Å². The molecule has 6 heteroatoms. The van der Waals surface area contributed by atoms with E-state index in [9.17, 15) is 0 Å².